The molecule has 4 atom stereocenters. The predicted octanol–water partition coefficient (Wildman–Crippen LogP) is 1.15. The van der Waals surface area contributed by atoms with Gasteiger partial charge in [-0.15, -0.1) is 0 Å². The van der Waals surface area contributed by atoms with E-state index in [-0.39, 0.29) is 23.9 Å². The molecule has 0 spiro atoms. The van der Waals surface area contributed by atoms with Crippen LogP contribution in [0.25, 0.3) is 11.2 Å². The summed E-state index contributed by atoms with van der Waals surface area (Å²) in [6, 6.07) is 0. The summed E-state index contributed by atoms with van der Waals surface area (Å²) >= 11 is 0. The van der Waals surface area contributed by atoms with Gasteiger partial charge in [0.15, 0.2) is 17.4 Å². The highest BCUT2D eigenvalue weighted by molar-refractivity contribution is 5.78. The number of nitrogens with two attached hydrogens (primary N) is 1. The molecule has 2 aromatic rings. The van der Waals surface area contributed by atoms with Crippen LogP contribution >= 0.6 is 0 Å². The van der Waals surface area contributed by atoms with Gasteiger partial charge in [-0.2, -0.15) is 9.97 Å². The minimum atomic E-state index is -0.999. The molecule has 176 valence electrons. The summed E-state index contributed by atoms with van der Waals surface area (Å²) in [5.74, 6) is -0.903. The van der Waals surface area contributed by atoms with Gasteiger partial charge in [0.2, 0.25) is 11.8 Å². The number of aryl methyl sites for hydroxylation is 1. The number of anilines is 1. The first kappa shape index (κ1) is 23.5. The molecule has 1 fully saturated rings. The van der Waals surface area contributed by atoms with Gasteiger partial charge in [0.25, 0.3) is 0 Å². The zero-order valence-electron chi connectivity index (χ0n) is 18.9. The van der Waals surface area contributed by atoms with E-state index in [9.17, 15) is 14.4 Å². The number of carbonyl (C=O) groups excluding carboxylic acids is 2. The van der Waals surface area contributed by atoms with Crippen LogP contribution < -0.4 is 16.2 Å². The Morgan fingerprint density at radius 3 is 2.53 bits per heavy atom. The number of hydrogen-bond acceptors (Lipinski definition) is 10. The molecule has 0 bridgehead atoms. The van der Waals surface area contributed by atoms with E-state index in [1.54, 1.807) is 0 Å². The van der Waals surface area contributed by atoms with Crippen molar-refractivity contribution in [3.63, 3.8) is 0 Å². The van der Waals surface area contributed by atoms with E-state index in [0.717, 1.165) is 0 Å². The summed E-state index contributed by atoms with van der Waals surface area (Å²) in [7, 11) is 1.42. The number of imidazole rings is 1. The summed E-state index contributed by atoms with van der Waals surface area (Å²) in [6.45, 7) is 6.75. The fourth-order valence-corrected chi connectivity index (χ4v) is 4.05. The Labute approximate surface area is 184 Å². The summed E-state index contributed by atoms with van der Waals surface area (Å²) in [6.07, 6.45) is -1.57. The summed E-state index contributed by atoms with van der Waals surface area (Å²) in [5.41, 5.74) is 6.00. The number of nitrogen functional groups attached to an aromatic ring is 1. The molecule has 12 nitrogen and oxygen atoms in total. The first-order valence-corrected chi connectivity index (χ1v) is 10.5. The van der Waals surface area contributed by atoms with E-state index >= 15 is 0 Å². The van der Waals surface area contributed by atoms with Crippen molar-refractivity contribution in [2.24, 2.45) is 0 Å². The van der Waals surface area contributed by atoms with E-state index < -0.39 is 42.2 Å². The van der Waals surface area contributed by atoms with Crippen molar-refractivity contribution in [3.05, 3.63) is 10.5 Å². The molecule has 12 heteroatoms. The zero-order chi connectivity index (χ0) is 23.6. The second-order valence-corrected chi connectivity index (χ2v) is 7.57. The molecule has 0 radical (unpaired) electrons. The Kier molecular flexibility index (Phi) is 7.02. The second-order valence-electron chi connectivity index (χ2n) is 7.57. The van der Waals surface area contributed by atoms with Gasteiger partial charge in [-0.05, 0) is 12.8 Å². The lowest BCUT2D eigenvalue weighted by atomic mass is 10.1. The SMILES string of the molecule is CCCn1c(=O)n([C@@H]2O[C@H](C(CC)OC(C)=O)C[C@H]2OC(C)=O)c2nc(N)nc(OC)c21. The second kappa shape index (κ2) is 9.55. The highest BCUT2D eigenvalue weighted by Gasteiger charge is 2.45. The number of hydrogen-bond donors (Lipinski definition) is 1. The largest absolute Gasteiger partial charge is 0.479 e. The first-order chi connectivity index (χ1) is 15.2. The minimum Gasteiger partial charge on any atom is -0.479 e. The average molecular weight is 451 g/mol. The molecule has 0 aromatic carbocycles. The zero-order valence-corrected chi connectivity index (χ0v) is 18.9. The molecule has 2 N–H and O–H groups in total. The number of nitrogens with zero attached hydrogens (tertiary/aromatic N) is 4. The van der Waals surface area contributed by atoms with E-state index in [1.807, 2.05) is 13.8 Å². The molecule has 0 saturated carbocycles. The third kappa shape index (κ3) is 4.40. The van der Waals surface area contributed by atoms with Crippen molar-refractivity contribution in [2.45, 2.75) is 78.0 Å². The lowest BCUT2D eigenvalue weighted by Crippen LogP contribution is -2.34. The smallest absolute Gasteiger partial charge is 0.332 e. The number of rotatable bonds is 8. The van der Waals surface area contributed by atoms with Gasteiger partial charge < -0.3 is 24.7 Å². The van der Waals surface area contributed by atoms with Gasteiger partial charge in [-0.1, -0.05) is 13.8 Å². The van der Waals surface area contributed by atoms with Gasteiger partial charge >= 0.3 is 17.6 Å². The van der Waals surface area contributed by atoms with E-state index in [1.165, 1.54) is 30.1 Å². The van der Waals surface area contributed by atoms with Crippen LogP contribution in [0.3, 0.4) is 0 Å². The summed E-state index contributed by atoms with van der Waals surface area (Å²) in [4.78, 5) is 45.1. The molecule has 0 aliphatic carbocycles. The number of methoxy groups -OCH3 is 1. The maximum Gasteiger partial charge on any atom is 0.332 e. The minimum absolute atomic E-state index is 0.0818. The van der Waals surface area contributed by atoms with Crippen LogP contribution in [-0.2, 0) is 30.3 Å². The van der Waals surface area contributed by atoms with Crippen molar-refractivity contribution < 1.29 is 28.5 Å². The van der Waals surface area contributed by atoms with Crippen LogP contribution in [0.1, 0.15) is 53.2 Å². The van der Waals surface area contributed by atoms with Gasteiger partial charge in [0.1, 0.15) is 18.3 Å². The van der Waals surface area contributed by atoms with Crippen molar-refractivity contribution in [2.75, 3.05) is 12.8 Å². The normalized spacial score (nSPS) is 21.5. The van der Waals surface area contributed by atoms with Gasteiger partial charge in [-0.25, -0.2) is 9.36 Å². The Morgan fingerprint density at radius 2 is 1.97 bits per heavy atom. The molecule has 3 rings (SSSR count). The van der Waals surface area contributed by atoms with Crippen LogP contribution in [0.4, 0.5) is 5.95 Å². The molecule has 0 amide bonds. The molecule has 1 saturated heterocycles. The third-order valence-corrected chi connectivity index (χ3v) is 5.23. The van der Waals surface area contributed by atoms with Crippen LogP contribution in [-0.4, -0.2) is 56.5 Å². The van der Waals surface area contributed by atoms with Crippen LogP contribution in [0.15, 0.2) is 4.79 Å². The number of ether oxygens (including phenoxy) is 4. The van der Waals surface area contributed by atoms with Gasteiger partial charge in [0.05, 0.1) is 7.11 Å². The van der Waals surface area contributed by atoms with Crippen molar-refractivity contribution >= 4 is 29.1 Å². The standard InChI is InChI=1S/C20H29N5O7/c1-6-8-24-15-16(22-19(21)23-17(15)29-5)25(20(24)28)18-14(31-11(4)27)9-13(32-18)12(7-2)30-10(3)26/h12-14,18H,6-9H2,1-5H3,(H2,21,22,23)/t12?,13-,14+,18+/m0/s1. The molecular weight excluding hydrogens is 422 g/mol. The van der Waals surface area contributed by atoms with Crippen molar-refractivity contribution in [1.29, 1.82) is 0 Å². The Balaban J connectivity index is 2.16. The van der Waals surface area contributed by atoms with Crippen LogP contribution in [0.2, 0.25) is 0 Å². The quantitative estimate of drug-likeness (QED) is 0.579. The first-order valence-electron chi connectivity index (χ1n) is 10.5. The van der Waals surface area contributed by atoms with Crippen molar-refractivity contribution in [1.82, 2.24) is 19.1 Å². The fourth-order valence-electron chi connectivity index (χ4n) is 4.05. The lowest BCUT2D eigenvalue weighted by molar-refractivity contribution is -0.158. The maximum atomic E-state index is 13.5. The van der Waals surface area contributed by atoms with Crippen molar-refractivity contribution in [3.8, 4) is 5.88 Å². The molecule has 32 heavy (non-hydrogen) atoms. The predicted molar refractivity (Wildman–Crippen MR) is 113 cm³/mol. The van der Waals surface area contributed by atoms with Gasteiger partial charge in [0, 0.05) is 26.8 Å². The highest BCUT2D eigenvalue weighted by Crippen LogP contribution is 2.36. The van der Waals surface area contributed by atoms with E-state index in [2.05, 4.69) is 9.97 Å². The molecule has 1 aliphatic heterocycles. The Morgan fingerprint density at radius 1 is 1.25 bits per heavy atom. The summed E-state index contributed by atoms with van der Waals surface area (Å²) < 4.78 is 25.2. The van der Waals surface area contributed by atoms with E-state index in [0.29, 0.717) is 24.9 Å². The lowest BCUT2D eigenvalue weighted by Gasteiger charge is -2.22. The van der Waals surface area contributed by atoms with Gasteiger partial charge in [-0.3, -0.25) is 14.2 Å². The molecule has 2 aromatic heterocycles. The fraction of sp³-hybridized carbons (Fsp3) is 0.650. The summed E-state index contributed by atoms with van der Waals surface area (Å²) in [5, 5.41) is 0. The Hall–Kier alpha value is -3.15. The maximum absolute atomic E-state index is 13.5. The molecular formula is C20H29N5O7. The number of carbonyl (C=O) groups is 2. The molecule has 1 unspecified atom stereocenters. The topological polar surface area (TPSA) is 150 Å². The monoisotopic (exact) mass is 451 g/mol. The highest BCUT2D eigenvalue weighted by atomic mass is 16.6. The number of esters is 2. The average Bonchev–Trinajstić information content (AvgIpc) is 3.23. The Bertz CT molecular complexity index is 1060. The van der Waals surface area contributed by atoms with E-state index in [4.69, 9.17) is 24.7 Å². The third-order valence-electron chi connectivity index (χ3n) is 5.23. The van der Waals surface area contributed by atoms with Crippen LogP contribution in [0, 0.1) is 0 Å². The molecule has 1 aliphatic rings. The number of fused-ring (bicyclic) bond motifs is 1. The molecule has 3 heterocycles. The van der Waals surface area contributed by atoms with Crippen LogP contribution in [0.5, 0.6) is 5.88 Å². The number of aromatic nitrogens is 4.